The minimum Gasteiger partial charge on any atom is -0.492 e. The van der Waals surface area contributed by atoms with Gasteiger partial charge in [0.2, 0.25) is 0 Å². The van der Waals surface area contributed by atoms with Crippen molar-refractivity contribution in [1.82, 2.24) is 10.2 Å². The average molecular weight is 390 g/mol. The molecule has 0 bridgehead atoms. The van der Waals surface area contributed by atoms with Crippen molar-refractivity contribution in [3.05, 3.63) is 59.1 Å². The summed E-state index contributed by atoms with van der Waals surface area (Å²) >= 11 is 5.84. The van der Waals surface area contributed by atoms with Gasteiger partial charge >= 0.3 is 6.03 Å². The number of nitrogens with zero attached hydrogens (tertiary/aromatic N) is 1. The Balaban J connectivity index is 1.41. The number of benzene rings is 2. The third-order valence-corrected chi connectivity index (χ3v) is 4.49. The Labute approximate surface area is 164 Å². The largest absolute Gasteiger partial charge is 0.492 e. The molecule has 3 rings (SSSR count). The molecule has 1 aliphatic heterocycles. The van der Waals surface area contributed by atoms with E-state index in [0.29, 0.717) is 23.9 Å². The molecule has 0 aliphatic carbocycles. The SMILES string of the molecule is O=C(NCc1cccc(OCCN2CCOCC2)c1)Nc1ccc(Cl)cc1. The minimum atomic E-state index is -0.268. The van der Waals surface area contributed by atoms with Crippen LogP contribution in [0.2, 0.25) is 5.02 Å². The molecule has 2 N–H and O–H groups in total. The van der Waals surface area contributed by atoms with E-state index >= 15 is 0 Å². The molecule has 1 fully saturated rings. The maximum Gasteiger partial charge on any atom is 0.319 e. The number of ether oxygens (including phenoxy) is 2. The third kappa shape index (κ3) is 6.75. The van der Waals surface area contributed by atoms with E-state index in [4.69, 9.17) is 21.1 Å². The lowest BCUT2D eigenvalue weighted by molar-refractivity contribution is 0.0322. The number of anilines is 1. The van der Waals surface area contributed by atoms with Crippen molar-refractivity contribution in [3.63, 3.8) is 0 Å². The molecule has 1 saturated heterocycles. The van der Waals surface area contributed by atoms with Gasteiger partial charge in [-0.25, -0.2) is 4.79 Å². The highest BCUT2D eigenvalue weighted by molar-refractivity contribution is 6.30. The second-order valence-electron chi connectivity index (χ2n) is 6.26. The van der Waals surface area contributed by atoms with Crippen molar-refractivity contribution in [1.29, 1.82) is 0 Å². The topological polar surface area (TPSA) is 62.8 Å². The molecule has 0 atom stereocenters. The lowest BCUT2D eigenvalue weighted by Gasteiger charge is -2.26. The Bertz CT molecular complexity index is 734. The van der Waals surface area contributed by atoms with Gasteiger partial charge in [-0.05, 0) is 42.0 Å². The summed E-state index contributed by atoms with van der Waals surface area (Å²) in [6.07, 6.45) is 0. The summed E-state index contributed by atoms with van der Waals surface area (Å²) in [5.41, 5.74) is 1.67. The van der Waals surface area contributed by atoms with Crippen molar-refractivity contribution in [2.75, 3.05) is 44.8 Å². The second kappa shape index (κ2) is 10.2. The first-order valence-corrected chi connectivity index (χ1v) is 9.39. The molecule has 0 saturated carbocycles. The van der Waals surface area contributed by atoms with Crippen LogP contribution in [0.15, 0.2) is 48.5 Å². The third-order valence-electron chi connectivity index (χ3n) is 4.23. The molecule has 144 valence electrons. The highest BCUT2D eigenvalue weighted by Crippen LogP contribution is 2.15. The van der Waals surface area contributed by atoms with Crippen LogP contribution in [0.25, 0.3) is 0 Å². The average Bonchev–Trinajstić information content (AvgIpc) is 2.69. The van der Waals surface area contributed by atoms with Crippen molar-refractivity contribution in [3.8, 4) is 5.75 Å². The fourth-order valence-electron chi connectivity index (χ4n) is 2.75. The zero-order valence-corrected chi connectivity index (χ0v) is 15.9. The van der Waals surface area contributed by atoms with Gasteiger partial charge in [-0.15, -0.1) is 0 Å². The van der Waals surface area contributed by atoms with Gasteiger partial charge in [0, 0.05) is 36.9 Å². The van der Waals surface area contributed by atoms with Crippen LogP contribution in [0.1, 0.15) is 5.56 Å². The molecule has 27 heavy (non-hydrogen) atoms. The Hall–Kier alpha value is -2.28. The Morgan fingerprint density at radius 3 is 2.70 bits per heavy atom. The van der Waals surface area contributed by atoms with E-state index in [1.807, 2.05) is 24.3 Å². The maximum atomic E-state index is 12.0. The minimum absolute atomic E-state index is 0.268. The zero-order valence-electron chi connectivity index (χ0n) is 15.1. The van der Waals surface area contributed by atoms with Crippen molar-refractivity contribution in [2.45, 2.75) is 6.54 Å². The number of carbonyl (C=O) groups excluding carboxylic acids is 1. The molecule has 1 heterocycles. The molecule has 0 radical (unpaired) electrons. The van der Waals surface area contributed by atoms with Crippen LogP contribution in [0.3, 0.4) is 0 Å². The normalized spacial score (nSPS) is 14.6. The number of urea groups is 1. The Kier molecular flexibility index (Phi) is 7.33. The van der Waals surface area contributed by atoms with E-state index < -0.39 is 0 Å². The molecule has 0 spiro atoms. The lowest BCUT2D eigenvalue weighted by Crippen LogP contribution is -2.38. The monoisotopic (exact) mass is 389 g/mol. The summed E-state index contributed by atoms with van der Waals surface area (Å²) in [6.45, 7) is 5.42. The summed E-state index contributed by atoms with van der Waals surface area (Å²) in [4.78, 5) is 14.3. The van der Waals surface area contributed by atoms with E-state index in [0.717, 1.165) is 44.2 Å². The first-order valence-electron chi connectivity index (χ1n) is 9.01. The predicted octanol–water partition coefficient (Wildman–Crippen LogP) is 3.37. The van der Waals surface area contributed by atoms with E-state index in [2.05, 4.69) is 15.5 Å². The molecular weight excluding hydrogens is 366 g/mol. The summed E-state index contributed by atoms with van der Waals surface area (Å²) in [7, 11) is 0. The van der Waals surface area contributed by atoms with Crippen molar-refractivity contribution in [2.24, 2.45) is 0 Å². The van der Waals surface area contributed by atoms with Gasteiger partial charge < -0.3 is 20.1 Å². The number of nitrogens with one attached hydrogen (secondary N) is 2. The molecule has 2 amide bonds. The van der Waals surface area contributed by atoms with Gasteiger partial charge in [-0.2, -0.15) is 0 Å². The number of halogens is 1. The fraction of sp³-hybridized carbons (Fsp3) is 0.350. The number of rotatable bonds is 7. The first kappa shape index (κ1) is 19.5. The van der Waals surface area contributed by atoms with E-state index in [1.54, 1.807) is 24.3 Å². The Morgan fingerprint density at radius 1 is 1.15 bits per heavy atom. The highest BCUT2D eigenvalue weighted by atomic mass is 35.5. The van der Waals surface area contributed by atoms with Crippen LogP contribution in [-0.4, -0.2) is 50.4 Å². The number of carbonyl (C=O) groups is 1. The molecule has 7 heteroatoms. The van der Waals surface area contributed by atoms with Crippen LogP contribution in [0.5, 0.6) is 5.75 Å². The summed E-state index contributed by atoms with van der Waals surface area (Å²) in [6, 6.07) is 14.5. The predicted molar refractivity (Wildman–Crippen MR) is 107 cm³/mol. The second-order valence-corrected chi connectivity index (χ2v) is 6.70. The van der Waals surface area contributed by atoms with Crippen LogP contribution in [-0.2, 0) is 11.3 Å². The van der Waals surface area contributed by atoms with Gasteiger partial charge in [-0.3, -0.25) is 4.90 Å². The van der Waals surface area contributed by atoms with Gasteiger partial charge in [0.1, 0.15) is 12.4 Å². The summed E-state index contributed by atoms with van der Waals surface area (Å²) in [5.74, 6) is 0.806. The molecule has 2 aromatic carbocycles. The van der Waals surface area contributed by atoms with Crippen LogP contribution >= 0.6 is 11.6 Å². The molecule has 0 aromatic heterocycles. The number of hydrogen-bond acceptors (Lipinski definition) is 4. The zero-order chi connectivity index (χ0) is 18.9. The van der Waals surface area contributed by atoms with Crippen LogP contribution < -0.4 is 15.4 Å². The number of hydrogen-bond donors (Lipinski definition) is 2. The molecule has 6 nitrogen and oxygen atoms in total. The van der Waals surface area contributed by atoms with Crippen LogP contribution in [0.4, 0.5) is 10.5 Å². The lowest BCUT2D eigenvalue weighted by atomic mass is 10.2. The summed E-state index contributed by atoms with van der Waals surface area (Å²) in [5, 5.41) is 6.24. The van der Waals surface area contributed by atoms with E-state index in [1.165, 1.54) is 0 Å². The van der Waals surface area contributed by atoms with E-state index in [9.17, 15) is 4.79 Å². The van der Waals surface area contributed by atoms with Crippen LogP contribution in [0, 0.1) is 0 Å². The van der Waals surface area contributed by atoms with Gasteiger partial charge in [0.05, 0.1) is 13.2 Å². The summed E-state index contributed by atoms with van der Waals surface area (Å²) < 4.78 is 11.2. The fourth-order valence-corrected chi connectivity index (χ4v) is 2.88. The standard InChI is InChI=1S/C20H24ClN3O3/c21-17-4-6-18(7-5-17)23-20(25)22-15-16-2-1-3-19(14-16)27-13-10-24-8-11-26-12-9-24/h1-7,14H,8-13,15H2,(H2,22,23,25). The van der Waals surface area contributed by atoms with E-state index in [-0.39, 0.29) is 6.03 Å². The first-order chi connectivity index (χ1) is 13.2. The quantitative estimate of drug-likeness (QED) is 0.762. The van der Waals surface area contributed by atoms with Gasteiger partial charge in [0.25, 0.3) is 0 Å². The smallest absolute Gasteiger partial charge is 0.319 e. The van der Waals surface area contributed by atoms with Crippen molar-refractivity contribution < 1.29 is 14.3 Å². The molecule has 2 aromatic rings. The molecule has 0 unspecified atom stereocenters. The molecule has 1 aliphatic rings. The van der Waals surface area contributed by atoms with Crippen molar-refractivity contribution >= 4 is 23.3 Å². The maximum absolute atomic E-state index is 12.0. The Morgan fingerprint density at radius 2 is 1.93 bits per heavy atom. The number of morpholine rings is 1. The van der Waals surface area contributed by atoms with Gasteiger partial charge in [-0.1, -0.05) is 23.7 Å². The molecular formula is C20H24ClN3O3. The highest BCUT2D eigenvalue weighted by Gasteiger charge is 2.10. The van der Waals surface area contributed by atoms with Gasteiger partial charge in [0.15, 0.2) is 0 Å². The number of amides is 2.